The van der Waals surface area contributed by atoms with Gasteiger partial charge in [0.05, 0.1) is 18.8 Å². The normalized spacial score (nSPS) is 19.6. The molecule has 1 aromatic carbocycles. The number of benzene rings is 1. The maximum absolute atomic E-state index is 12.9. The second-order valence-electron chi connectivity index (χ2n) is 6.82. The van der Waals surface area contributed by atoms with Gasteiger partial charge in [0.1, 0.15) is 17.4 Å². The first-order valence-corrected chi connectivity index (χ1v) is 8.95. The van der Waals surface area contributed by atoms with Gasteiger partial charge in [-0.3, -0.25) is 14.6 Å². The molecule has 2 atom stereocenters. The van der Waals surface area contributed by atoms with Gasteiger partial charge in [-0.05, 0) is 26.3 Å². The third kappa shape index (κ3) is 2.86. The maximum Gasteiger partial charge on any atom is 0.272 e. The Bertz CT molecular complexity index is 1010. The number of aromatic amines is 1. The number of carbonyl (C=O) groups is 1. The summed E-state index contributed by atoms with van der Waals surface area (Å²) in [5.74, 6) is 0.428. The largest absolute Gasteiger partial charge is 0.494 e. The Hall–Kier alpha value is -2.87. The van der Waals surface area contributed by atoms with Crippen molar-refractivity contribution in [2.45, 2.75) is 32.4 Å². The lowest BCUT2D eigenvalue weighted by atomic mass is 10.00. The zero-order chi connectivity index (χ0) is 19.1. The van der Waals surface area contributed by atoms with E-state index in [2.05, 4.69) is 20.6 Å². The fourth-order valence-electron chi connectivity index (χ4n) is 3.82. The van der Waals surface area contributed by atoms with Crippen molar-refractivity contribution in [2.24, 2.45) is 7.05 Å². The summed E-state index contributed by atoms with van der Waals surface area (Å²) in [7, 11) is 3.51. The molecule has 8 nitrogen and oxygen atoms in total. The molecule has 2 N–H and O–H groups in total. The quantitative estimate of drug-likeness (QED) is 0.735. The number of methoxy groups -OCH3 is 1. The number of rotatable bonds is 4. The van der Waals surface area contributed by atoms with Crippen LogP contribution in [0, 0.1) is 13.8 Å². The van der Waals surface area contributed by atoms with Crippen LogP contribution >= 0.6 is 0 Å². The van der Waals surface area contributed by atoms with Gasteiger partial charge in [0.2, 0.25) is 0 Å². The van der Waals surface area contributed by atoms with E-state index in [1.165, 1.54) is 0 Å². The van der Waals surface area contributed by atoms with Gasteiger partial charge in [-0.1, -0.05) is 12.1 Å². The molecule has 1 saturated heterocycles. The first kappa shape index (κ1) is 17.5. The van der Waals surface area contributed by atoms with Crippen LogP contribution in [-0.4, -0.2) is 45.6 Å². The first-order chi connectivity index (χ1) is 13.0. The van der Waals surface area contributed by atoms with Crippen LogP contribution < -0.4 is 10.1 Å². The van der Waals surface area contributed by atoms with Crippen LogP contribution in [0.2, 0.25) is 0 Å². The Morgan fingerprint density at radius 3 is 2.93 bits per heavy atom. The van der Waals surface area contributed by atoms with E-state index in [0.29, 0.717) is 23.6 Å². The van der Waals surface area contributed by atoms with Crippen molar-refractivity contribution in [3.8, 4) is 5.75 Å². The highest BCUT2D eigenvalue weighted by molar-refractivity contribution is 6.06. The molecule has 1 aliphatic rings. The second kappa shape index (κ2) is 6.70. The summed E-state index contributed by atoms with van der Waals surface area (Å²) in [5, 5.41) is 15.4. The zero-order valence-corrected chi connectivity index (χ0v) is 15.9. The molecule has 8 heteroatoms. The Balaban J connectivity index is 1.61. The highest BCUT2D eigenvalue weighted by atomic mass is 16.5. The van der Waals surface area contributed by atoms with E-state index in [1.54, 1.807) is 7.11 Å². The van der Waals surface area contributed by atoms with Crippen LogP contribution in [0.15, 0.2) is 18.2 Å². The molecule has 0 bridgehead atoms. The summed E-state index contributed by atoms with van der Waals surface area (Å²) in [6.07, 6.45) is 0.540. The molecule has 4 rings (SSSR count). The van der Waals surface area contributed by atoms with E-state index < -0.39 is 0 Å². The van der Waals surface area contributed by atoms with Gasteiger partial charge in [-0.2, -0.15) is 10.2 Å². The predicted molar refractivity (Wildman–Crippen MR) is 99.9 cm³/mol. The molecule has 1 aliphatic heterocycles. The van der Waals surface area contributed by atoms with Gasteiger partial charge in [0, 0.05) is 30.3 Å². The molecule has 0 spiro atoms. The minimum absolute atomic E-state index is 0.128. The van der Waals surface area contributed by atoms with Crippen molar-refractivity contribution in [3.63, 3.8) is 0 Å². The number of aromatic nitrogens is 4. The fraction of sp³-hybridized carbons (Fsp3) is 0.421. The number of hydrogen-bond acceptors (Lipinski definition) is 5. The van der Waals surface area contributed by atoms with E-state index in [1.807, 2.05) is 43.8 Å². The van der Waals surface area contributed by atoms with Crippen molar-refractivity contribution in [2.75, 3.05) is 13.7 Å². The number of ether oxygens (including phenoxy) is 2. The average Bonchev–Trinajstić information content (AvgIpc) is 3.33. The molecule has 142 valence electrons. The van der Waals surface area contributed by atoms with E-state index in [9.17, 15) is 4.79 Å². The SMILES string of the molecule is COc1cccc2c(C(=O)N[C@H]3CCO[C@@H]3c3c(C)nn(C)c3C)n[nH]c12. The molecule has 0 aliphatic carbocycles. The third-order valence-corrected chi connectivity index (χ3v) is 5.25. The lowest BCUT2D eigenvalue weighted by molar-refractivity contribution is 0.0814. The van der Waals surface area contributed by atoms with Crippen LogP contribution in [0.4, 0.5) is 0 Å². The molecule has 1 fully saturated rings. The van der Waals surface area contributed by atoms with Gasteiger partial charge in [-0.15, -0.1) is 0 Å². The monoisotopic (exact) mass is 369 g/mol. The number of fused-ring (bicyclic) bond motifs is 1. The molecule has 1 amide bonds. The van der Waals surface area contributed by atoms with Crippen LogP contribution in [-0.2, 0) is 11.8 Å². The van der Waals surface area contributed by atoms with E-state index in [4.69, 9.17) is 9.47 Å². The van der Waals surface area contributed by atoms with Gasteiger partial charge in [-0.25, -0.2) is 0 Å². The number of carbonyl (C=O) groups excluding carboxylic acids is 1. The number of amides is 1. The van der Waals surface area contributed by atoms with Gasteiger partial charge >= 0.3 is 0 Å². The van der Waals surface area contributed by atoms with E-state index >= 15 is 0 Å². The van der Waals surface area contributed by atoms with Crippen molar-refractivity contribution < 1.29 is 14.3 Å². The fourth-order valence-corrected chi connectivity index (χ4v) is 3.82. The summed E-state index contributed by atoms with van der Waals surface area (Å²) in [6, 6.07) is 5.40. The van der Waals surface area contributed by atoms with Crippen molar-refractivity contribution in [1.82, 2.24) is 25.3 Å². The summed E-state index contributed by atoms with van der Waals surface area (Å²) in [4.78, 5) is 12.9. The lowest BCUT2D eigenvalue weighted by Gasteiger charge is -2.20. The highest BCUT2D eigenvalue weighted by Gasteiger charge is 2.35. The topological polar surface area (TPSA) is 94.1 Å². The van der Waals surface area contributed by atoms with Crippen LogP contribution in [0.5, 0.6) is 5.75 Å². The number of aryl methyl sites for hydroxylation is 2. The zero-order valence-electron chi connectivity index (χ0n) is 15.9. The van der Waals surface area contributed by atoms with Crippen molar-refractivity contribution in [1.29, 1.82) is 0 Å². The molecule has 2 aromatic heterocycles. The molecule has 27 heavy (non-hydrogen) atoms. The maximum atomic E-state index is 12.9. The summed E-state index contributed by atoms with van der Waals surface area (Å²) >= 11 is 0. The Morgan fingerprint density at radius 2 is 2.22 bits per heavy atom. The van der Waals surface area contributed by atoms with E-state index in [0.717, 1.165) is 28.8 Å². The van der Waals surface area contributed by atoms with E-state index in [-0.39, 0.29) is 18.1 Å². The molecule has 0 radical (unpaired) electrons. The predicted octanol–water partition coefficient (Wildman–Crippen LogP) is 2.18. The van der Waals surface area contributed by atoms with Gasteiger partial charge in [0.15, 0.2) is 5.69 Å². The minimum Gasteiger partial charge on any atom is -0.494 e. The molecule has 3 aromatic rings. The first-order valence-electron chi connectivity index (χ1n) is 8.95. The highest BCUT2D eigenvalue weighted by Crippen LogP contribution is 2.33. The van der Waals surface area contributed by atoms with Crippen molar-refractivity contribution in [3.05, 3.63) is 40.8 Å². The van der Waals surface area contributed by atoms with Crippen molar-refractivity contribution >= 4 is 16.8 Å². The molecule has 0 saturated carbocycles. The number of H-pyrrole nitrogens is 1. The molecular weight excluding hydrogens is 346 g/mol. The van der Waals surface area contributed by atoms with Gasteiger partial charge in [0.25, 0.3) is 5.91 Å². The number of nitrogens with zero attached hydrogens (tertiary/aromatic N) is 3. The molecular formula is C19H23N5O3. The summed E-state index contributed by atoms with van der Waals surface area (Å²) < 4.78 is 13.1. The standard InChI is InChI=1S/C19H23N5O3/c1-10-15(11(2)24(3)23-10)18-13(8-9-27-18)20-19(25)17-12-6-5-7-14(26-4)16(12)21-22-17/h5-7,13,18H,8-9H2,1-4H3,(H,20,25)(H,21,22)/t13-,18-/m0/s1. The van der Waals surface area contributed by atoms with Crippen LogP contribution in [0.25, 0.3) is 10.9 Å². The summed E-state index contributed by atoms with van der Waals surface area (Å²) in [6.45, 7) is 4.58. The van der Waals surface area contributed by atoms with Gasteiger partial charge < -0.3 is 14.8 Å². The lowest BCUT2D eigenvalue weighted by Crippen LogP contribution is -2.37. The van der Waals surface area contributed by atoms with Crippen LogP contribution in [0.3, 0.4) is 0 Å². The minimum atomic E-state index is -0.228. The molecule has 3 heterocycles. The summed E-state index contributed by atoms with van der Waals surface area (Å²) in [5.41, 5.74) is 4.09. The number of nitrogens with one attached hydrogen (secondary N) is 2. The third-order valence-electron chi connectivity index (χ3n) is 5.25. The number of hydrogen-bond donors (Lipinski definition) is 2. The smallest absolute Gasteiger partial charge is 0.272 e. The average molecular weight is 369 g/mol. The van der Waals surface area contributed by atoms with Crippen LogP contribution in [0.1, 0.15) is 40.0 Å². The Morgan fingerprint density at radius 1 is 1.41 bits per heavy atom. The number of para-hydroxylation sites is 1. The Kier molecular flexibility index (Phi) is 4.35. The molecule has 0 unspecified atom stereocenters. The second-order valence-corrected chi connectivity index (χ2v) is 6.82. The Labute approximate surface area is 156 Å².